The number of thiophene rings is 1. The summed E-state index contributed by atoms with van der Waals surface area (Å²) in [4.78, 5) is 6.94. The highest BCUT2D eigenvalue weighted by Crippen LogP contribution is 2.21. The van der Waals surface area contributed by atoms with E-state index in [-0.39, 0.29) is 0 Å². The van der Waals surface area contributed by atoms with Gasteiger partial charge in [0.15, 0.2) is 5.13 Å². The SMILES string of the molecule is c1cc(CN(Cc2ccsc2)CC2CCCO2)n(-c2nccs2)c1. The summed E-state index contributed by atoms with van der Waals surface area (Å²) < 4.78 is 8.06. The first-order valence-corrected chi connectivity index (χ1v) is 10.1. The Labute approximate surface area is 150 Å². The van der Waals surface area contributed by atoms with Crippen LogP contribution in [0, 0.1) is 0 Å². The third-order valence-electron chi connectivity index (χ3n) is 4.32. The topological polar surface area (TPSA) is 30.3 Å². The minimum atomic E-state index is 0.368. The van der Waals surface area contributed by atoms with E-state index >= 15 is 0 Å². The van der Waals surface area contributed by atoms with Gasteiger partial charge in [0.25, 0.3) is 0 Å². The lowest BCUT2D eigenvalue weighted by atomic mass is 10.2. The van der Waals surface area contributed by atoms with Gasteiger partial charge in [-0.1, -0.05) is 0 Å². The predicted octanol–water partition coefficient (Wildman–Crippen LogP) is 4.18. The highest BCUT2D eigenvalue weighted by atomic mass is 32.1. The Kier molecular flexibility index (Phi) is 5.08. The summed E-state index contributed by atoms with van der Waals surface area (Å²) in [5.74, 6) is 0. The maximum atomic E-state index is 5.87. The Morgan fingerprint density at radius 3 is 3.04 bits per heavy atom. The van der Waals surface area contributed by atoms with E-state index < -0.39 is 0 Å². The van der Waals surface area contributed by atoms with Gasteiger partial charge in [0, 0.05) is 49.7 Å². The molecule has 4 heterocycles. The molecule has 1 fully saturated rings. The molecule has 0 spiro atoms. The lowest BCUT2D eigenvalue weighted by Gasteiger charge is -2.25. The second-order valence-corrected chi connectivity index (χ2v) is 7.77. The third-order valence-corrected chi connectivity index (χ3v) is 5.82. The van der Waals surface area contributed by atoms with Crippen LogP contribution in [-0.4, -0.2) is 33.7 Å². The molecule has 6 heteroatoms. The van der Waals surface area contributed by atoms with Gasteiger partial charge < -0.3 is 4.74 Å². The summed E-state index contributed by atoms with van der Waals surface area (Å²) >= 11 is 3.43. The predicted molar refractivity (Wildman–Crippen MR) is 98.8 cm³/mol. The lowest BCUT2D eigenvalue weighted by Crippen LogP contribution is -2.32. The largest absolute Gasteiger partial charge is 0.377 e. The Morgan fingerprint density at radius 1 is 1.29 bits per heavy atom. The molecular weight excluding hydrogens is 338 g/mol. The molecule has 3 aromatic rings. The Bertz CT molecular complexity index is 730. The minimum Gasteiger partial charge on any atom is -0.377 e. The van der Waals surface area contributed by atoms with Crippen molar-refractivity contribution in [2.24, 2.45) is 0 Å². The monoisotopic (exact) mass is 359 g/mol. The van der Waals surface area contributed by atoms with Crippen LogP contribution in [0.4, 0.5) is 0 Å². The van der Waals surface area contributed by atoms with Crippen LogP contribution < -0.4 is 0 Å². The van der Waals surface area contributed by atoms with Crippen molar-refractivity contribution in [2.75, 3.05) is 13.2 Å². The molecule has 1 aliphatic heterocycles. The second kappa shape index (κ2) is 7.61. The molecule has 0 saturated carbocycles. The fourth-order valence-electron chi connectivity index (χ4n) is 3.20. The van der Waals surface area contributed by atoms with Gasteiger partial charge in [-0.05, 0) is 47.4 Å². The standard InChI is InChI=1S/C18H21N3OS2/c1-3-16(21(7-1)18-19-6-10-24-18)12-20(11-15-5-9-23-14-15)13-17-4-2-8-22-17/h1,3,5-7,9-10,14,17H,2,4,8,11-13H2. The molecule has 1 aliphatic rings. The lowest BCUT2D eigenvalue weighted by molar-refractivity contribution is 0.0673. The van der Waals surface area contributed by atoms with Gasteiger partial charge in [0.05, 0.1) is 6.10 Å². The van der Waals surface area contributed by atoms with Gasteiger partial charge in [0.2, 0.25) is 0 Å². The highest BCUT2D eigenvalue weighted by molar-refractivity contribution is 7.12. The number of thiazole rings is 1. The quantitative estimate of drug-likeness (QED) is 0.634. The van der Waals surface area contributed by atoms with Gasteiger partial charge in [-0.25, -0.2) is 4.98 Å². The Balaban J connectivity index is 1.51. The van der Waals surface area contributed by atoms with E-state index in [2.05, 4.69) is 49.6 Å². The molecule has 1 saturated heterocycles. The van der Waals surface area contributed by atoms with E-state index in [1.807, 2.05) is 11.6 Å². The average molecular weight is 360 g/mol. The van der Waals surface area contributed by atoms with E-state index in [1.165, 1.54) is 24.1 Å². The average Bonchev–Trinajstić information content (AvgIpc) is 3.37. The van der Waals surface area contributed by atoms with Crippen LogP contribution >= 0.6 is 22.7 Å². The number of rotatable bonds is 7. The minimum absolute atomic E-state index is 0.368. The number of nitrogens with zero attached hydrogens (tertiary/aromatic N) is 3. The van der Waals surface area contributed by atoms with Gasteiger partial charge in [-0.2, -0.15) is 11.3 Å². The van der Waals surface area contributed by atoms with E-state index in [4.69, 9.17) is 4.74 Å². The zero-order valence-electron chi connectivity index (χ0n) is 13.5. The first-order chi connectivity index (χ1) is 11.9. The number of hydrogen-bond acceptors (Lipinski definition) is 5. The van der Waals surface area contributed by atoms with E-state index in [0.29, 0.717) is 6.10 Å². The maximum absolute atomic E-state index is 5.87. The molecule has 4 rings (SSSR count). The second-order valence-electron chi connectivity index (χ2n) is 6.12. The van der Waals surface area contributed by atoms with E-state index in [0.717, 1.165) is 31.4 Å². The number of aromatic nitrogens is 2. The fourth-order valence-corrected chi connectivity index (χ4v) is 4.51. The van der Waals surface area contributed by atoms with E-state index in [9.17, 15) is 0 Å². The van der Waals surface area contributed by atoms with Crippen molar-refractivity contribution in [3.05, 3.63) is 58.0 Å². The third kappa shape index (κ3) is 3.78. The summed E-state index contributed by atoms with van der Waals surface area (Å²) in [5, 5.41) is 7.44. The van der Waals surface area contributed by atoms with Gasteiger partial charge in [0.1, 0.15) is 0 Å². The van der Waals surface area contributed by atoms with Crippen LogP contribution in [0.15, 0.2) is 46.7 Å². The molecule has 3 aromatic heterocycles. The summed E-state index contributed by atoms with van der Waals surface area (Å²) in [7, 11) is 0. The van der Waals surface area contributed by atoms with E-state index in [1.54, 1.807) is 22.7 Å². The molecule has 0 N–H and O–H groups in total. The van der Waals surface area contributed by atoms with Crippen LogP contribution in [0.25, 0.3) is 5.13 Å². The van der Waals surface area contributed by atoms with Crippen LogP contribution in [0.5, 0.6) is 0 Å². The molecule has 126 valence electrons. The van der Waals surface area contributed by atoms with Crippen LogP contribution in [0.1, 0.15) is 24.1 Å². The molecule has 0 aliphatic carbocycles. The number of hydrogen-bond donors (Lipinski definition) is 0. The summed E-state index contributed by atoms with van der Waals surface area (Å²) in [6, 6.07) is 6.51. The summed E-state index contributed by atoms with van der Waals surface area (Å²) in [5.41, 5.74) is 2.66. The zero-order valence-corrected chi connectivity index (χ0v) is 15.1. The number of ether oxygens (including phenoxy) is 1. The van der Waals surface area contributed by atoms with Crippen LogP contribution in [-0.2, 0) is 17.8 Å². The van der Waals surface area contributed by atoms with Gasteiger partial charge in [-0.3, -0.25) is 9.47 Å². The van der Waals surface area contributed by atoms with Crippen LogP contribution in [0.3, 0.4) is 0 Å². The molecule has 1 unspecified atom stereocenters. The fraction of sp³-hybridized carbons (Fsp3) is 0.389. The van der Waals surface area contributed by atoms with Crippen molar-refractivity contribution in [1.82, 2.24) is 14.5 Å². The maximum Gasteiger partial charge on any atom is 0.193 e. The zero-order chi connectivity index (χ0) is 16.2. The molecule has 0 radical (unpaired) electrons. The van der Waals surface area contributed by atoms with Crippen molar-refractivity contribution in [2.45, 2.75) is 32.0 Å². The molecule has 1 atom stereocenters. The molecule has 0 aromatic carbocycles. The Morgan fingerprint density at radius 2 is 2.29 bits per heavy atom. The molecule has 0 bridgehead atoms. The van der Waals surface area contributed by atoms with Crippen molar-refractivity contribution < 1.29 is 4.74 Å². The first-order valence-electron chi connectivity index (χ1n) is 8.29. The van der Waals surface area contributed by atoms with Crippen molar-refractivity contribution in [3.8, 4) is 5.13 Å². The van der Waals surface area contributed by atoms with Crippen molar-refractivity contribution in [3.63, 3.8) is 0 Å². The Hall–Kier alpha value is -1.47. The summed E-state index contributed by atoms with van der Waals surface area (Å²) in [6.45, 7) is 3.76. The molecular formula is C18H21N3OS2. The van der Waals surface area contributed by atoms with Crippen molar-refractivity contribution >= 4 is 22.7 Å². The highest BCUT2D eigenvalue weighted by Gasteiger charge is 2.20. The van der Waals surface area contributed by atoms with Crippen molar-refractivity contribution in [1.29, 1.82) is 0 Å². The normalized spacial score (nSPS) is 17.8. The van der Waals surface area contributed by atoms with Gasteiger partial charge in [-0.15, -0.1) is 11.3 Å². The molecule has 0 amide bonds. The first kappa shape index (κ1) is 16.0. The molecule has 24 heavy (non-hydrogen) atoms. The smallest absolute Gasteiger partial charge is 0.193 e. The van der Waals surface area contributed by atoms with Crippen LogP contribution in [0.2, 0.25) is 0 Å². The summed E-state index contributed by atoms with van der Waals surface area (Å²) in [6.07, 6.45) is 6.69. The molecule has 4 nitrogen and oxygen atoms in total. The van der Waals surface area contributed by atoms with Gasteiger partial charge >= 0.3 is 0 Å².